The summed E-state index contributed by atoms with van der Waals surface area (Å²) in [6.45, 7) is 4.64. The Hall–Kier alpha value is -1.30. The van der Waals surface area contributed by atoms with Crippen molar-refractivity contribution in [3.63, 3.8) is 0 Å². The number of aromatic nitrogens is 1. The number of carbonyl (C=O) groups is 2. The molecule has 5 nitrogen and oxygen atoms in total. The van der Waals surface area contributed by atoms with Crippen molar-refractivity contribution in [2.24, 2.45) is 13.0 Å². The van der Waals surface area contributed by atoms with Gasteiger partial charge in [-0.25, -0.2) is 0 Å². The summed E-state index contributed by atoms with van der Waals surface area (Å²) in [7, 11) is 1.78. The van der Waals surface area contributed by atoms with Crippen LogP contribution in [0.3, 0.4) is 0 Å². The molecule has 1 aromatic heterocycles. The molecule has 6 heteroatoms. The number of aryl methyl sites for hydroxylation is 1. The molecule has 0 aromatic carbocycles. The molecule has 18 heavy (non-hydrogen) atoms. The molecule has 1 rings (SSSR count). The third kappa shape index (κ3) is 4.52. The Kier molecular flexibility index (Phi) is 5.40. The zero-order valence-corrected chi connectivity index (χ0v) is 12.4. The lowest BCUT2D eigenvalue weighted by molar-refractivity contribution is -0.120. The third-order valence-electron chi connectivity index (χ3n) is 2.32. The molecular formula is C12H18BrN3O2. The molecule has 0 saturated heterocycles. The minimum absolute atomic E-state index is 0.00560. The number of rotatable bonds is 5. The Labute approximate surface area is 115 Å². The fourth-order valence-electron chi connectivity index (χ4n) is 1.38. The zero-order chi connectivity index (χ0) is 13.7. The van der Waals surface area contributed by atoms with Crippen molar-refractivity contribution in [3.8, 4) is 0 Å². The van der Waals surface area contributed by atoms with Crippen LogP contribution in [0.2, 0.25) is 0 Å². The molecule has 0 aliphatic carbocycles. The van der Waals surface area contributed by atoms with Crippen molar-refractivity contribution < 1.29 is 9.59 Å². The first-order valence-electron chi connectivity index (χ1n) is 5.77. The number of halogens is 1. The fraction of sp³-hybridized carbons (Fsp3) is 0.500. The van der Waals surface area contributed by atoms with Gasteiger partial charge in [-0.1, -0.05) is 13.8 Å². The van der Waals surface area contributed by atoms with Gasteiger partial charge in [-0.15, -0.1) is 0 Å². The lowest BCUT2D eigenvalue weighted by Crippen LogP contribution is -2.38. The maximum Gasteiger partial charge on any atom is 0.268 e. The van der Waals surface area contributed by atoms with E-state index in [1.807, 2.05) is 13.8 Å². The zero-order valence-electron chi connectivity index (χ0n) is 10.8. The minimum atomic E-state index is -0.261. The first-order chi connectivity index (χ1) is 8.40. The first kappa shape index (κ1) is 14.8. The maximum absolute atomic E-state index is 11.8. The maximum atomic E-state index is 11.8. The van der Waals surface area contributed by atoms with Crippen LogP contribution in [0.5, 0.6) is 0 Å². The second-order valence-corrected chi connectivity index (χ2v) is 5.45. The van der Waals surface area contributed by atoms with Crippen LogP contribution in [0, 0.1) is 5.92 Å². The number of amides is 2. The van der Waals surface area contributed by atoms with Crippen molar-refractivity contribution in [3.05, 3.63) is 22.4 Å². The Morgan fingerprint density at radius 2 is 2.06 bits per heavy atom. The van der Waals surface area contributed by atoms with Gasteiger partial charge in [0.15, 0.2) is 0 Å². The SMILES string of the molecule is CC(C)CNC(=O)CNC(=O)c1cc(Br)cn1C. The summed E-state index contributed by atoms with van der Waals surface area (Å²) < 4.78 is 2.53. The summed E-state index contributed by atoms with van der Waals surface area (Å²) in [5, 5.41) is 5.32. The normalized spacial score (nSPS) is 10.5. The molecule has 0 atom stereocenters. The second-order valence-electron chi connectivity index (χ2n) is 4.54. The number of nitrogens with one attached hydrogen (secondary N) is 2. The molecule has 0 aliphatic heterocycles. The Morgan fingerprint density at radius 3 is 2.56 bits per heavy atom. The smallest absolute Gasteiger partial charge is 0.268 e. The van der Waals surface area contributed by atoms with E-state index in [4.69, 9.17) is 0 Å². The molecule has 1 aromatic rings. The highest BCUT2D eigenvalue weighted by atomic mass is 79.9. The predicted molar refractivity (Wildman–Crippen MR) is 73.3 cm³/mol. The Morgan fingerprint density at radius 1 is 1.39 bits per heavy atom. The molecule has 1 heterocycles. The average molecular weight is 316 g/mol. The van der Waals surface area contributed by atoms with Gasteiger partial charge in [0.25, 0.3) is 5.91 Å². The van der Waals surface area contributed by atoms with E-state index in [0.717, 1.165) is 4.47 Å². The number of carbonyl (C=O) groups excluding carboxylic acids is 2. The van der Waals surface area contributed by atoms with Crippen molar-refractivity contribution in [1.29, 1.82) is 0 Å². The summed E-state index contributed by atoms with van der Waals surface area (Å²) in [4.78, 5) is 23.2. The molecule has 0 bridgehead atoms. The first-order valence-corrected chi connectivity index (χ1v) is 6.56. The van der Waals surface area contributed by atoms with Gasteiger partial charge in [0.05, 0.1) is 6.54 Å². The van der Waals surface area contributed by atoms with E-state index in [1.165, 1.54) is 0 Å². The largest absolute Gasteiger partial charge is 0.354 e. The van der Waals surface area contributed by atoms with Crippen molar-refractivity contribution in [1.82, 2.24) is 15.2 Å². The van der Waals surface area contributed by atoms with E-state index >= 15 is 0 Å². The molecule has 0 radical (unpaired) electrons. The van der Waals surface area contributed by atoms with Gasteiger partial charge in [-0.3, -0.25) is 9.59 Å². The van der Waals surface area contributed by atoms with Crippen LogP contribution in [-0.2, 0) is 11.8 Å². The van der Waals surface area contributed by atoms with E-state index in [-0.39, 0.29) is 18.4 Å². The summed E-state index contributed by atoms with van der Waals surface area (Å²) in [5.41, 5.74) is 0.513. The van der Waals surface area contributed by atoms with E-state index in [2.05, 4.69) is 26.6 Å². The lowest BCUT2D eigenvalue weighted by atomic mass is 10.2. The molecule has 0 aliphatic rings. The molecule has 2 N–H and O–H groups in total. The molecule has 0 unspecified atom stereocenters. The molecule has 100 valence electrons. The summed E-state index contributed by atoms with van der Waals surface area (Å²) in [6, 6.07) is 1.71. The number of hydrogen-bond acceptors (Lipinski definition) is 2. The van der Waals surface area contributed by atoms with E-state index in [9.17, 15) is 9.59 Å². The topological polar surface area (TPSA) is 63.1 Å². The van der Waals surface area contributed by atoms with Crippen molar-refractivity contribution in [2.45, 2.75) is 13.8 Å². The van der Waals surface area contributed by atoms with E-state index in [1.54, 1.807) is 23.9 Å². The summed E-state index contributed by atoms with van der Waals surface area (Å²) in [6.07, 6.45) is 1.79. The minimum Gasteiger partial charge on any atom is -0.354 e. The second kappa shape index (κ2) is 6.58. The molecule has 2 amide bonds. The van der Waals surface area contributed by atoms with Crippen LogP contribution in [0.15, 0.2) is 16.7 Å². The standard InChI is InChI=1S/C12H18BrN3O2/c1-8(2)5-14-11(17)6-15-12(18)10-4-9(13)7-16(10)3/h4,7-8H,5-6H2,1-3H3,(H,14,17)(H,15,18). The highest BCUT2D eigenvalue weighted by molar-refractivity contribution is 9.10. The monoisotopic (exact) mass is 315 g/mol. The van der Waals surface area contributed by atoms with Gasteiger partial charge < -0.3 is 15.2 Å². The molecule has 0 spiro atoms. The van der Waals surface area contributed by atoms with Crippen LogP contribution in [-0.4, -0.2) is 29.5 Å². The van der Waals surface area contributed by atoms with E-state index < -0.39 is 0 Å². The number of nitrogens with zero attached hydrogens (tertiary/aromatic N) is 1. The van der Waals surface area contributed by atoms with Crippen LogP contribution >= 0.6 is 15.9 Å². The van der Waals surface area contributed by atoms with Crippen molar-refractivity contribution in [2.75, 3.05) is 13.1 Å². The molecule has 0 saturated carbocycles. The van der Waals surface area contributed by atoms with Gasteiger partial charge in [0, 0.05) is 24.3 Å². The Balaban J connectivity index is 2.42. The van der Waals surface area contributed by atoms with Gasteiger partial charge in [0.2, 0.25) is 5.91 Å². The molecule has 0 fully saturated rings. The third-order valence-corrected chi connectivity index (χ3v) is 2.75. The summed E-state index contributed by atoms with van der Waals surface area (Å²) >= 11 is 3.29. The van der Waals surface area contributed by atoms with Crippen LogP contribution in [0.4, 0.5) is 0 Å². The molecular weight excluding hydrogens is 298 g/mol. The van der Waals surface area contributed by atoms with Crippen LogP contribution < -0.4 is 10.6 Å². The van der Waals surface area contributed by atoms with Gasteiger partial charge in [-0.05, 0) is 27.9 Å². The van der Waals surface area contributed by atoms with Crippen LogP contribution in [0.1, 0.15) is 24.3 Å². The highest BCUT2D eigenvalue weighted by Gasteiger charge is 2.12. The van der Waals surface area contributed by atoms with E-state index in [0.29, 0.717) is 18.2 Å². The van der Waals surface area contributed by atoms with Gasteiger partial charge >= 0.3 is 0 Å². The average Bonchev–Trinajstić information content (AvgIpc) is 2.62. The quantitative estimate of drug-likeness (QED) is 0.860. The highest BCUT2D eigenvalue weighted by Crippen LogP contribution is 2.13. The fourth-order valence-corrected chi connectivity index (χ4v) is 1.91. The lowest BCUT2D eigenvalue weighted by Gasteiger charge is -2.08. The predicted octanol–water partition coefficient (Wildman–Crippen LogP) is 1.29. The Bertz CT molecular complexity index is 441. The number of hydrogen-bond donors (Lipinski definition) is 2. The van der Waals surface area contributed by atoms with Crippen LogP contribution in [0.25, 0.3) is 0 Å². The summed E-state index contributed by atoms with van der Waals surface area (Å²) in [5.74, 6) is -0.0401. The van der Waals surface area contributed by atoms with Gasteiger partial charge in [-0.2, -0.15) is 0 Å². The van der Waals surface area contributed by atoms with Gasteiger partial charge in [0.1, 0.15) is 5.69 Å². The van der Waals surface area contributed by atoms with Crippen molar-refractivity contribution >= 4 is 27.7 Å².